The normalized spacial score (nSPS) is 10.8. The van der Waals surface area contributed by atoms with Gasteiger partial charge < -0.3 is 0 Å². The van der Waals surface area contributed by atoms with E-state index in [0.717, 1.165) is 10.9 Å². The van der Waals surface area contributed by atoms with Crippen molar-refractivity contribution in [3.8, 4) is 0 Å². The predicted octanol–water partition coefficient (Wildman–Crippen LogP) is 1.74. The van der Waals surface area contributed by atoms with Gasteiger partial charge in [0.1, 0.15) is 5.69 Å². The van der Waals surface area contributed by atoms with Crippen LogP contribution in [0, 0.1) is 0 Å². The molecule has 0 atom stereocenters. The summed E-state index contributed by atoms with van der Waals surface area (Å²) in [7, 11) is 1.32. The summed E-state index contributed by atoms with van der Waals surface area (Å²) in [5.74, 6) is 0. The zero-order valence-corrected chi connectivity index (χ0v) is 6.85. The highest BCUT2D eigenvalue weighted by Gasteiger charge is 2.21. The van der Waals surface area contributed by atoms with Gasteiger partial charge in [0.2, 0.25) is 0 Å². The van der Waals surface area contributed by atoms with Crippen molar-refractivity contribution < 1.29 is 13.6 Å². The Labute approximate surface area is 71.9 Å². The van der Waals surface area contributed by atoms with Crippen LogP contribution >= 0.6 is 11.6 Å². The van der Waals surface area contributed by atoms with E-state index in [2.05, 4.69) is 5.10 Å². The van der Waals surface area contributed by atoms with Gasteiger partial charge >= 0.3 is 0 Å². The second-order valence-corrected chi connectivity index (χ2v) is 2.48. The first kappa shape index (κ1) is 9.12. The van der Waals surface area contributed by atoms with Crippen molar-refractivity contribution in [3.63, 3.8) is 0 Å². The number of carbonyl (C=O) groups excluding carboxylic acids is 1. The Bertz CT molecular complexity index is 310. The summed E-state index contributed by atoms with van der Waals surface area (Å²) < 4.78 is 25.4. The molecule has 12 heavy (non-hydrogen) atoms. The van der Waals surface area contributed by atoms with E-state index < -0.39 is 17.4 Å². The Hall–Kier alpha value is -0.970. The first-order valence-corrected chi connectivity index (χ1v) is 3.41. The Kier molecular flexibility index (Phi) is 2.42. The molecule has 0 aromatic carbocycles. The van der Waals surface area contributed by atoms with Gasteiger partial charge in [0.25, 0.3) is 11.7 Å². The highest BCUT2D eigenvalue weighted by atomic mass is 35.5. The highest BCUT2D eigenvalue weighted by molar-refractivity contribution is 6.67. The zero-order valence-electron chi connectivity index (χ0n) is 6.09. The van der Waals surface area contributed by atoms with Gasteiger partial charge in [-0.2, -0.15) is 5.10 Å². The molecule has 1 aromatic rings. The number of rotatable bonds is 2. The molecule has 0 amide bonds. The minimum absolute atomic E-state index is 0.242. The smallest absolute Gasteiger partial charge is 0.275 e. The van der Waals surface area contributed by atoms with Crippen LogP contribution in [0.15, 0.2) is 6.20 Å². The Morgan fingerprint density at radius 3 is 2.67 bits per heavy atom. The van der Waals surface area contributed by atoms with Crippen LogP contribution < -0.4 is 0 Å². The van der Waals surface area contributed by atoms with Crippen molar-refractivity contribution in [2.24, 2.45) is 7.05 Å². The van der Waals surface area contributed by atoms with Crippen LogP contribution in [0.5, 0.6) is 0 Å². The fourth-order valence-electron chi connectivity index (χ4n) is 0.857. The van der Waals surface area contributed by atoms with Gasteiger partial charge in [-0.05, 0) is 11.6 Å². The van der Waals surface area contributed by atoms with Gasteiger partial charge in [-0.15, -0.1) is 0 Å². The quantitative estimate of drug-likeness (QED) is 0.672. The molecule has 1 heterocycles. The molecule has 0 aliphatic heterocycles. The largest absolute Gasteiger partial charge is 0.280 e. The van der Waals surface area contributed by atoms with Crippen LogP contribution in [0.1, 0.15) is 22.5 Å². The Balaban J connectivity index is 3.21. The van der Waals surface area contributed by atoms with Crippen molar-refractivity contribution in [3.05, 3.63) is 17.5 Å². The minimum atomic E-state index is -2.74. The number of alkyl halides is 2. The molecule has 6 heteroatoms. The third-order valence-electron chi connectivity index (χ3n) is 1.40. The molecule has 0 spiro atoms. The van der Waals surface area contributed by atoms with Crippen LogP contribution in [0.25, 0.3) is 0 Å². The standard InChI is InChI=1S/C6H5ClF2N2O/c1-11-4(6(8)9)3(2-10-11)5(7)12/h2,6H,1H3. The third kappa shape index (κ3) is 1.45. The maximum Gasteiger partial charge on any atom is 0.280 e. The first-order chi connectivity index (χ1) is 5.54. The molecular weight excluding hydrogens is 190 g/mol. The number of hydrogen-bond acceptors (Lipinski definition) is 2. The summed E-state index contributed by atoms with van der Waals surface area (Å²) in [5, 5.41) is 2.57. The molecule has 0 unspecified atom stereocenters. The molecule has 1 aromatic heterocycles. The molecule has 0 radical (unpaired) electrons. The van der Waals surface area contributed by atoms with Crippen molar-refractivity contribution in [1.29, 1.82) is 0 Å². The SMILES string of the molecule is Cn1ncc(C(=O)Cl)c1C(F)F. The fraction of sp³-hybridized carbons (Fsp3) is 0.333. The van der Waals surface area contributed by atoms with E-state index in [4.69, 9.17) is 11.6 Å². The van der Waals surface area contributed by atoms with Gasteiger partial charge in [0.05, 0.1) is 11.8 Å². The predicted molar refractivity (Wildman–Crippen MR) is 38.3 cm³/mol. The fourth-order valence-corrected chi connectivity index (χ4v) is 1.00. The van der Waals surface area contributed by atoms with E-state index in [1.54, 1.807) is 0 Å². The average Bonchev–Trinajstić information content (AvgIpc) is 2.30. The van der Waals surface area contributed by atoms with Crippen molar-refractivity contribution >= 4 is 16.8 Å². The number of nitrogens with zero attached hydrogens (tertiary/aromatic N) is 2. The van der Waals surface area contributed by atoms with Crippen molar-refractivity contribution in [2.75, 3.05) is 0 Å². The molecule has 66 valence electrons. The lowest BCUT2D eigenvalue weighted by molar-refractivity contribution is 0.106. The van der Waals surface area contributed by atoms with E-state index in [9.17, 15) is 13.6 Å². The molecule has 0 aliphatic rings. The summed E-state index contributed by atoms with van der Waals surface area (Å²) in [5.41, 5.74) is -0.691. The van der Waals surface area contributed by atoms with Gasteiger partial charge in [-0.1, -0.05) is 0 Å². The summed E-state index contributed by atoms with van der Waals surface area (Å²) >= 11 is 5.04. The molecule has 0 fully saturated rings. The van der Waals surface area contributed by atoms with E-state index >= 15 is 0 Å². The van der Waals surface area contributed by atoms with E-state index in [1.807, 2.05) is 0 Å². The van der Waals surface area contributed by atoms with E-state index in [-0.39, 0.29) is 5.56 Å². The summed E-state index contributed by atoms with van der Waals surface area (Å²) in [6, 6.07) is 0. The number of aromatic nitrogens is 2. The van der Waals surface area contributed by atoms with Gasteiger partial charge in [0, 0.05) is 7.05 Å². The van der Waals surface area contributed by atoms with Gasteiger partial charge in [0.15, 0.2) is 0 Å². The Morgan fingerprint density at radius 1 is 1.75 bits per heavy atom. The van der Waals surface area contributed by atoms with Crippen LogP contribution in [-0.2, 0) is 7.05 Å². The van der Waals surface area contributed by atoms with Gasteiger partial charge in [-0.3, -0.25) is 9.48 Å². The van der Waals surface area contributed by atoms with E-state index in [0.29, 0.717) is 0 Å². The summed E-state index contributed by atoms with van der Waals surface area (Å²) in [6.07, 6.45) is -1.72. The number of halogens is 3. The van der Waals surface area contributed by atoms with Gasteiger partial charge in [-0.25, -0.2) is 8.78 Å². The molecule has 0 N–H and O–H groups in total. The highest BCUT2D eigenvalue weighted by Crippen LogP contribution is 2.22. The zero-order chi connectivity index (χ0) is 9.30. The van der Waals surface area contributed by atoms with Crippen LogP contribution in [-0.4, -0.2) is 15.0 Å². The number of aryl methyl sites for hydroxylation is 1. The second kappa shape index (κ2) is 3.18. The first-order valence-electron chi connectivity index (χ1n) is 3.04. The lowest BCUT2D eigenvalue weighted by atomic mass is 10.3. The monoisotopic (exact) mass is 194 g/mol. The lowest BCUT2D eigenvalue weighted by Crippen LogP contribution is -2.02. The molecule has 0 saturated heterocycles. The molecule has 1 rings (SSSR count). The Morgan fingerprint density at radius 2 is 2.33 bits per heavy atom. The second-order valence-electron chi connectivity index (χ2n) is 2.14. The topological polar surface area (TPSA) is 34.9 Å². The molecule has 0 aliphatic carbocycles. The number of carbonyl (C=O) groups is 1. The maximum absolute atomic E-state index is 12.2. The summed E-state index contributed by atoms with van der Waals surface area (Å²) in [6.45, 7) is 0. The van der Waals surface area contributed by atoms with Crippen LogP contribution in [0.2, 0.25) is 0 Å². The average molecular weight is 195 g/mol. The molecular formula is C6H5ClF2N2O. The lowest BCUT2D eigenvalue weighted by Gasteiger charge is -2.00. The van der Waals surface area contributed by atoms with E-state index in [1.165, 1.54) is 7.05 Å². The number of hydrogen-bond donors (Lipinski definition) is 0. The molecule has 0 bridgehead atoms. The maximum atomic E-state index is 12.2. The van der Waals surface area contributed by atoms with Crippen molar-refractivity contribution in [2.45, 2.75) is 6.43 Å². The van der Waals surface area contributed by atoms with Crippen LogP contribution in [0.3, 0.4) is 0 Å². The van der Waals surface area contributed by atoms with Crippen molar-refractivity contribution in [1.82, 2.24) is 9.78 Å². The minimum Gasteiger partial charge on any atom is -0.275 e. The third-order valence-corrected chi connectivity index (χ3v) is 1.61. The molecule has 0 saturated carbocycles. The molecule has 3 nitrogen and oxygen atoms in total. The summed E-state index contributed by atoms with van der Waals surface area (Å²) in [4.78, 5) is 10.6. The van der Waals surface area contributed by atoms with Crippen LogP contribution in [0.4, 0.5) is 8.78 Å².